The molecule has 0 saturated heterocycles. The van der Waals surface area contributed by atoms with Gasteiger partial charge in [-0.1, -0.05) is 20.8 Å². The molecule has 1 nitrogen and oxygen atoms in total. The van der Waals surface area contributed by atoms with Crippen molar-refractivity contribution in [1.29, 1.82) is 0 Å². The number of hydrogen-bond donors (Lipinski definition) is 0. The van der Waals surface area contributed by atoms with E-state index in [1.165, 1.54) is 0 Å². The maximum atomic E-state index is 13.2. The number of carbonyl (C=O) groups is 1. The first-order valence-electron chi connectivity index (χ1n) is 6.16. The molecule has 0 aromatic heterocycles. The molecule has 2 rings (SSSR count). The molecule has 2 fully saturated rings. The molecule has 0 radical (unpaired) electrons. The number of halogens is 2. The summed E-state index contributed by atoms with van der Waals surface area (Å²) in [4.78, 5) is 12.1. The number of carbonyl (C=O) groups excluding carboxylic acids is 1. The van der Waals surface area contributed by atoms with Crippen molar-refractivity contribution in [3.05, 3.63) is 0 Å². The summed E-state index contributed by atoms with van der Waals surface area (Å²) in [5, 5.41) is 0. The van der Waals surface area contributed by atoms with Crippen molar-refractivity contribution in [2.75, 3.05) is 0 Å². The summed E-state index contributed by atoms with van der Waals surface area (Å²) in [5.41, 5.74) is -0.333. The Morgan fingerprint density at radius 3 is 1.94 bits per heavy atom. The Hall–Kier alpha value is -0.470. The van der Waals surface area contributed by atoms with Crippen LogP contribution in [0.4, 0.5) is 8.78 Å². The summed E-state index contributed by atoms with van der Waals surface area (Å²) in [7, 11) is 0. The van der Waals surface area contributed by atoms with E-state index in [2.05, 4.69) is 0 Å². The van der Waals surface area contributed by atoms with E-state index in [4.69, 9.17) is 0 Å². The van der Waals surface area contributed by atoms with Gasteiger partial charge in [0, 0.05) is 24.2 Å². The zero-order chi connectivity index (χ0) is 12.1. The van der Waals surface area contributed by atoms with Gasteiger partial charge in [0.1, 0.15) is 5.78 Å². The van der Waals surface area contributed by atoms with Gasteiger partial charge in [0.25, 0.3) is 0 Å². The Kier molecular flexibility index (Phi) is 2.63. The lowest BCUT2D eigenvalue weighted by molar-refractivity contribution is -0.131. The second-order valence-corrected chi connectivity index (χ2v) is 6.27. The quantitative estimate of drug-likeness (QED) is 0.707. The Bertz CT molecular complexity index is 293. The first kappa shape index (κ1) is 12.0. The fraction of sp³-hybridized carbons (Fsp3) is 0.923. The van der Waals surface area contributed by atoms with Gasteiger partial charge in [-0.2, -0.15) is 0 Å². The van der Waals surface area contributed by atoms with Gasteiger partial charge in [0.05, 0.1) is 0 Å². The fourth-order valence-corrected chi connectivity index (χ4v) is 3.80. The minimum atomic E-state index is -2.47. The van der Waals surface area contributed by atoms with Crippen LogP contribution in [0.15, 0.2) is 0 Å². The minimum absolute atomic E-state index is 0.00136. The predicted molar refractivity (Wildman–Crippen MR) is 58.3 cm³/mol. The number of alkyl halides is 2. The molecule has 1 unspecified atom stereocenters. The second-order valence-electron chi connectivity index (χ2n) is 6.27. The summed E-state index contributed by atoms with van der Waals surface area (Å²) < 4.78 is 26.4. The second kappa shape index (κ2) is 3.51. The Balaban J connectivity index is 2.09. The largest absolute Gasteiger partial charge is 0.299 e. The number of ketones is 1. The van der Waals surface area contributed by atoms with Crippen molar-refractivity contribution in [1.82, 2.24) is 0 Å². The molecule has 3 atom stereocenters. The van der Waals surface area contributed by atoms with E-state index >= 15 is 0 Å². The number of Topliss-reactive ketones (excluding diaryl/α,β-unsaturated/α-hetero) is 1. The molecule has 3 heteroatoms. The lowest BCUT2D eigenvalue weighted by atomic mass is 9.77. The van der Waals surface area contributed by atoms with Crippen LogP contribution in [-0.4, -0.2) is 11.7 Å². The third kappa shape index (κ3) is 1.89. The van der Waals surface area contributed by atoms with Crippen molar-refractivity contribution in [3.63, 3.8) is 0 Å². The fourth-order valence-electron chi connectivity index (χ4n) is 3.80. The molecule has 0 amide bonds. The molecule has 0 aromatic rings. The topological polar surface area (TPSA) is 17.1 Å². The monoisotopic (exact) mass is 230 g/mol. The van der Waals surface area contributed by atoms with E-state index < -0.39 is 5.92 Å². The highest BCUT2D eigenvalue weighted by molar-refractivity contribution is 5.86. The van der Waals surface area contributed by atoms with Crippen LogP contribution in [0, 0.1) is 23.2 Å². The predicted octanol–water partition coefficient (Wildman–Crippen LogP) is 3.67. The van der Waals surface area contributed by atoms with Crippen molar-refractivity contribution in [2.24, 2.45) is 23.2 Å². The van der Waals surface area contributed by atoms with E-state index in [-0.39, 0.29) is 41.8 Å². The van der Waals surface area contributed by atoms with Crippen LogP contribution < -0.4 is 0 Å². The van der Waals surface area contributed by atoms with Gasteiger partial charge >= 0.3 is 0 Å². The van der Waals surface area contributed by atoms with Crippen LogP contribution in [0.5, 0.6) is 0 Å². The molecule has 2 saturated carbocycles. The van der Waals surface area contributed by atoms with Gasteiger partial charge in [-0.05, 0) is 24.7 Å². The van der Waals surface area contributed by atoms with Crippen LogP contribution in [0.25, 0.3) is 0 Å². The van der Waals surface area contributed by atoms with Crippen LogP contribution in [0.2, 0.25) is 0 Å². The van der Waals surface area contributed by atoms with Crippen molar-refractivity contribution in [3.8, 4) is 0 Å². The Labute approximate surface area is 95.6 Å². The summed E-state index contributed by atoms with van der Waals surface area (Å²) in [6, 6.07) is 0. The zero-order valence-corrected chi connectivity index (χ0v) is 10.2. The third-order valence-electron chi connectivity index (χ3n) is 4.33. The highest BCUT2D eigenvalue weighted by Crippen LogP contribution is 2.57. The van der Waals surface area contributed by atoms with E-state index in [9.17, 15) is 13.6 Å². The smallest absolute Gasteiger partial charge is 0.248 e. The van der Waals surface area contributed by atoms with Gasteiger partial charge in [-0.3, -0.25) is 4.79 Å². The zero-order valence-electron chi connectivity index (χ0n) is 10.2. The number of rotatable bonds is 2. The SMILES string of the molecule is CC(C)C(=O)C1(C)C[C@H]2CC(F)(F)C[C@H]2C1. The average molecular weight is 230 g/mol. The van der Waals surface area contributed by atoms with Gasteiger partial charge in [0.15, 0.2) is 0 Å². The standard InChI is InChI=1S/C13H20F2O/c1-8(2)11(16)12(3)4-9-6-13(14,15)7-10(9)5-12/h8-10H,4-7H2,1-3H3/t9-,10+,12?. The summed E-state index contributed by atoms with van der Waals surface area (Å²) >= 11 is 0. The molecule has 0 bridgehead atoms. The van der Waals surface area contributed by atoms with E-state index in [0.717, 1.165) is 0 Å². The van der Waals surface area contributed by atoms with Gasteiger partial charge in [-0.15, -0.1) is 0 Å². The van der Waals surface area contributed by atoms with Crippen LogP contribution in [0.1, 0.15) is 46.5 Å². The minimum Gasteiger partial charge on any atom is -0.299 e. The summed E-state index contributed by atoms with van der Waals surface area (Å²) in [6.07, 6.45) is 1.34. The lowest BCUT2D eigenvalue weighted by Gasteiger charge is -2.26. The molecular weight excluding hydrogens is 210 g/mol. The van der Waals surface area contributed by atoms with Crippen LogP contribution in [0.3, 0.4) is 0 Å². The molecule has 0 aromatic carbocycles. The number of fused-ring (bicyclic) bond motifs is 1. The highest BCUT2D eigenvalue weighted by atomic mass is 19.3. The highest BCUT2D eigenvalue weighted by Gasteiger charge is 2.55. The molecule has 16 heavy (non-hydrogen) atoms. The Morgan fingerprint density at radius 2 is 1.56 bits per heavy atom. The van der Waals surface area contributed by atoms with Gasteiger partial charge in [0.2, 0.25) is 5.92 Å². The van der Waals surface area contributed by atoms with Crippen LogP contribution in [-0.2, 0) is 4.79 Å². The van der Waals surface area contributed by atoms with E-state index in [1.807, 2.05) is 20.8 Å². The Morgan fingerprint density at radius 1 is 1.12 bits per heavy atom. The van der Waals surface area contributed by atoms with Gasteiger partial charge < -0.3 is 0 Å². The molecule has 2 aliphatic carbocycles. The average Bonchev–Trinajstić information content (AvgIpc) is 2.53. The maximum absolute atomic E-state index is 13.2. The van der Waals surface area contributed by atoms with E-state index in [0.29, 0.717) is 12.8 Å². The van der Waals surface area contributed by atoms with Crippen molar-refractivity contribution in [2.45, 2.75) is 52.4 Å². The number of hydrogen-bond acceptors (Lipinski definition) is 1. The van der Waals surface area contributed by atoms with Gasteiger partial charge in [-0.25, -0.2) is 8.78 Å². The van der Waals surface area contributed by atoms with Crippen molar-refractivity contribution >= 4 is 5.78 Å². The normalized spacial score (nSPS) is 41.4. The molecule has 0 aliphatic heterocycles. The molecular formula is C13H20F2O. The molecule has 0 N–H and O–H groups in total. The molecule has 0 heterocycles. The first-order valence-corrected chi connectivity index (χ1v) is 6.16. The maximum Gasteiger partial charge on any atom is 0.248 e. The summed E-state index contributed by atoms with van der Waals surface area (Å²) in [6.45, 7) is 5.76. The van der Waals surface area contributed by atoms with Crippen molar-refractivity contribution < 1.29 is 13.6 Å². The van der Waals surface area contributed by atoms with Crippen LogP contribution >= 0.6 is 0 Å². The third-order valence-corrected chi connectivity index (χ3v) is 4.33. The first-order chi connectivity index (χ1) is 7.23. The lowest BCUT2D eigenvalue weighted by Crippen LogP contribution is -2.30. The molecule has 2 aliphatic rings. The summed E-state index contributed by atoms with van der Waals surface area (Å²) in [5.74, 6) is -2.06. The van der Waals surface area contributed by atoms with E-state index in [1.54, 1.807) is 0 Å². The molecule has 92 valence electrons. The molecule has 0 spiro atoms.